The van der Waals surface area contributed by atoms with E-state index in [1.165, 1.54) is 12.2 Å². The minimum atomic E-state index is -0.192. The van der Waals surface area contributed by atoms with Crippen molar-refractivity contribution in [2.75, 3.05) is 0 Å². The molecule has 0 heterocycles. The Labute approximate surface area is 138 Å². The molecule has 0 aliphatic heterocycles. The third-order valence-corrected chi connectivity index (χ3v) is 4.94. The highest BCUT2D eigenvalue weighted by molar-refractivity contribution is 6.08. The molecule has 2 aliphatic carbocycles. The van der Waals surface area contributed by atoms with Crippen LogP contribution >= 0.6 is 0 Å². The molecule has 2 rings (SSSR count). The number of carbonyl (C=O) groups is 2. The molecule has 0 bridgehead atoms. The molecular formula is C19H28O4. The van der Waals surface area contributed by atoms with Crippen molar-refractivity contribution in [1.29, 1.82) is 0 Å². The van der Waals surface area contributed by atoms with Crippen molar-refractivity contribution in [3.05, 3.63) is 24.3 Å². The highest BCUT2D eigenvalue weighted by Gasteiger charge is 2.18. The fraction of sp³-hybridized carbons (Fsp3) is 0.684. The third kappa shape index (κ3) is 6.80. The van der Waals surface area contributed by atoms with Gasteiger partial charge in [0.2, 0.25) is 0 Å². The fourth-order valence-corrected chi connectivity index (χ4v) is 3.36. The summed E-state index contributed by atoms with van der Waals surface area (Å²) in [6.45, 7) is 0. The van der Waals surface area contributed by atoms with Gasteiger partial charge < -0.3 is 10.2 Å². The Balaban J connectivity index is 1.69. The monoisotopic (exact) mass is 320 g/mol. The largest absolute Gasteiger partial charge is 0.393 e. The molecule has 0 radical (unpaired) electrons. The fourth-order valence-electron chi connectivity index (χ4n) is 3.36. The van der Waals surface area contributed by atoms with Gasteiger partial charge in [-0.15, -0.1) is 0 Å². The first-order valence-electron chi connectivity index (χ1n) is 8.81. The zero-order valence-corrected chi connectivity index (χ0v) is 13.7. The number of aliphatic hydroxyl groups is 2. The summed E-state index contributed by atoms with van der Waals surface area (Å²) in [5.74, 6) is 0.401. The molecule has 0 aromatic carbocycles. The number of carbonyl (C=O) groups excluding carboxylic acids is 2. The van der Waals surface area contributed by atoms with Crippen LogP contribution in [0, 0.1) is 11.8 Å². The van der Waals surface area contributed by atoms with E-state index in [2.05, 4.69) is 0 Å². The lowest BCUT2D eigenvalue weighted by Gasteiger charge is -2.22. The van der Waals surface area contributed by atoms with E-state index in [1.807, 2.05) is 12.2 Å². The van der Waals surface area contributed by atoms with Crippen molar-refractivity contribution in [2.24, 2.45) is 11.8 Å². The topological polar surface area (TPSA) is 74.6 Å². The molecule has 2 N–H and O–H groups in total. The summed E-state index contributed by atoms with van der Waals surface area (Å²) in [6, 6.07) is 0. The molecule has 0 spiro atoms. The van der Waals surface area contributed by atoms with Crippen LogP contribution < -0.4 is 0 Å². The van der Waals surface area contributed by atoms with Gasteiger partial charge in [-0.3, -0.25) is 9.59 Å². The van der Waals surface area contributed by atoms with E-state index in [1.54, 1.807) is 0 Å². The van der Waals surface area contributed by atoms with E-state index >= 15 is 0 Å². The number of allylic oxidation sites excluding steroid dienone is 4. The number of hydrogen-bond donors (Lipinski definition) is 2. The maximum atomic E-state index is 11.8. The van der Waals surface area contributed by atoms with E-state index in [9.17, 15) is 19.8 Å². The Hall–Kier alpha value is -1.26. The molecule has 0 unspecified atom stereocenters. The molecular weight excluding hydrogens is 292 g/mol. The smallest absolute Gasteiger partial charge is 0.163 e. The van der Waals surface area contributed by atoms with Crippen LogP contribution in [0.2, 0.25) is 0 Å². The Bertz CT molecular complexity index is 408. The lowest BCUT2D eigenvalue weighted by molar-refractivity contribution is -0.121. The lowest BCUT2D eigenvalue weighted by atomic mass is 9.87. The summed E-state index contributed by atoms with van der Waals surface area (Å²) in [5.41, 5.74) is 0. The van der Waals surface area contributed by atoms with E-state index in [-0.39, 0.29) is 30.2 Å². The molecule has 0 amide bonds. The summed E-state index contributed by atoms with van der Waals surface area (Å²) in [5, 5.41) is 18.9. The van der Waals surface area contributed by atoms with Crippen molar-refractivity contribution in [3.63, 3.8) is 0 Å². The number of aliphatic hydroxyl groups excluding tert-OH is 2. The van der Waals surface area contributed by atoms with Gasteiger partial charge in [-0.2, -0.15) is 0 Å². The van der Waals surface area contributed by atoms with E-state index in [4.69, 9.17) is 0 Å². The van der Waals surface area contributed by atoms with Crippen LogP contribution in [0.5, 0.6) is 0 Å². The van der Waals surface area contributed by atoms with Gasteiger partial charge in [0, 0.05) is 0 Å². The van der Waals surface area contributed by atoms with Crippen LogP contribution in [0.3, 0.4) is 0 Å². The van der Waals surface area contributed by atoms with Crippen molar-refractivity contribution in [2.45, 2.75) is 70.0 Å². The Morgan fingerprint density at radius 3 is 1.39 bits per heavy atom. The van der Waals surface area contributed by atoms with E-state index in [0.717, 1.165) is 51.4 Å². The van der Waals surface area contributed by atoms with Crippen LogP contribution in [-0.2, 0) is 9.59 Å². The predicted molar refractivity (Wildman–Crippen MR) is 88.8 cm³/mol. The highest BCUT2D eigenvalue weighted by Crippen LogP contribution is 2.26. The van der Waals surface area contributed by atoms with Gasteiger partial charge in [0.25, 0.3) is 0 Å². The summed E-state index contributed by atoms with van der Waals surface area (Å²) in [7, 11) is 0. The zero-order valence-electron chi connectivity index (χ0n) is 13.7. The van der Waals surface area contributed by atoms with Gasteiger partial charge >= 0.3 is 0 Å². The number of rotatable bonds is 6. The Kier molecular flexibility index (Phi) is 7.18. The lowest BCUT2D eigenvalue weighted by Crippen LogP contribution is -2.17. The quantitative estimate of drug-likeness (QED) is 0.583. The molecule has 0 saturated heterocycles. The van der Waals surface area contributed by atoms with Crippen LogP contribution in [0.15, 0.2) is 24.3 Å². The van der Waals surface area contributed by atoms with Crippen molar-refractivity contribution in [1.82, 2.24) is 0 Å². The summed E-state index contributed by atoms with van der Waals surface area (Å²) < 4.78 is 0. The average molecular weight is 320 g/mol. The van der Waals surface area contributed by atoms with Gasteiger partial charge in [0.1, 0.15) is 0 Å². The molecule has 4 nitrogen and oxygen atoms in total. The van der Waals surface area contributed by atoms with Crippen LogP contribution in [0.25, 0.3) is 0 Å². The summed E-state index contributed by atoms with van der Waals surface area (Å²) >= 11 is 0. The molecule has 2 fully saturated rings. The maximum absolute atomic E-state index is 11.8. The molecule has 0 aromatic rings. The van der Waals surface area contributed by atoms with Gasteiger partial charge in [-0.05, 0) is 75.4 Å². The minimum absolute atomic E-state index is 0.0717. The van der Waals surface area contributed by atoms with Gasteiger partial charge in [0.15, 0.2) is 11.6 Å². The van der Waals surface area contributed by atoms with Crippen LogP contribution in [0.4, 0.5) is 0 Å². The molecule has 128 valence electrons. The Morgan fingerprint density at radius 1 is 0.696 bits per heavy atom. The predicted octanol–water partition coefficient (Wildman–Crippen LogP) is 2.73. The number of ketones is 2. The highest BCUT2D eigenvalue weighted by atomic mass is 16.3. The van der Waals surface area contributed by atoms with Crippen molar-refractivity contribution in [3.8, 4) is 0 Å². The average Bonchev–Trinajstić information content (AvgIpc) is 2.54. The Morgan fingerprint density at radius 2 is 1.04 bits per heavy atom. The second-order valence-electron chi connectivity index (χ2n) is 6.96. The third-order valence-electron chi connectivity index (χ3n) is 4.94. The van der Waals surface area contributed by atoms with Crippen molar-refractivity contribution < 1.29 is 19.8 Å². The van der Waals surface area contributed by atoms with Gasteiger partial charge in [-0.1, -0.05) is 12.2 Å². The summed E-state index contributed by atoms with van der Waals surface area (Å²) in [4.78, 5) is 23.7. The normalized spacial score (nSPS) is 32.4. The maximum Gasteiger partial charge on any atom is 0.163 e. The molecule has 0 atom stereocenters. The summed E-state index contributed by atoms with van der Waals surface area (Å²) in [6.07, 6.45) is 13.2. The molecule has 2 aliphatic rings. The first kappa shape index (κ1) is 18.1. The second kappa shape index (κ2) is 9.14. The van der Waals surface area contributed by atoms with Gasteiger partial charge in [-0.25, -0.2) is 0 Å². The van der Waals surface area contributed by atoms with E-state index in [0.29, 0.717) is 11.8 Å². The van der Waals surface area contributed by atoms with E-state index < -0.39 is 0 Å². The van der Waals surface area contributed by atoms with Gasteiger partial charge in [0.05, 0.1) is 18.6 Å². The first-order valence-corrected chi connectivity index (χ1v) is 8.81. The zero-order chi connectivity index (χ0) is 16.7. The SMILES string of the molecule is O=C(/C=C\C1CCC(O)CC1)CC(=O)/C=C/C1CCC(O)CC1. The standard InChI is InChI=1S/C19H28O4/c20-16-7-1-14(2-8-16)5-11-18(22)13-19(23)12-6-15-3-9-17(21)10-4-15/h5-6,11-12,14-17,20-21H,1-4,7-10,13H2/b11-5-,12-6+. The first-order chi connectivity index (χ1) is 11.0. The minimum Gasteiger partial charge on any atom is -0.393 e. The second-order valence-corrected chi connectivity index (χ2v) is 6.96. The molecule has 0 aromatic heterocycles. The van der Waals surface area contributed by atoms with Crippen LogP contribution in [0.1, 0.15) is 57.8 Å². The number of hydrogen-bond acceptors (Lipinski definition) is 4. The molecule has 2 saturated carbocycles. The van der Waals surface area contributed by atoms with Crippen molar-refractivity contribution >= 4 is 11.6 Å². The molecule has 4 heteroatoms. The molecule has 23 heavy (non-hydrogen) atoms. The van der Waals surface area contributed by atoms with Crippen LogP contribution in [-0.4, -0.2) is 34.0 Å².